The second kappa shape index (κ2) is 6.03. The minimum atomic E-state index is -0.426. The lowest BCUT2D eigenvalue weighted by atomic mass is 10.1. The zero-order valence-corrected chi connectivity index (χ0v) is 11.7. The van der Waals surface area contributed by atoms with Crippen LogP contribution >= 0.6 is 11.3 Å². The molecule has 96 valence electrons. The largest absolute Gasteiger partial charge is 0.389 e. The molecular formula is C15H19NOS. The van der Waals surface area contributed by atoms with Crippen LogP contribution in [0.5, 0.6) is 0 Å². The number of aliphatic hydroxyl groups is 1. The summed E-state index contributed by atoms with van der Waals surface area (Å²) in [6.07, 6.45) is 0.618. The summed E-state index contributed by atoms with van der Waals surface area (Å²) in [6.45, 7) is 2.77. The van der Waals surface area contributed by atoms with Gasteiger partial charge in [-0.3, -0.25) is 0 Å². The minimum Gasteiger partial charge on any atom is -0.389 e. The van der Waals surface area contributed by atoms with Gasteiger partial charge >= 0.3 is 0 Å². The van der Waals surface area contributed by atoms with Gasteiger partial charge in [0.1, 0.15) is 0 Å². The van der Waals surface area contributed by atoms with E-state index in [1.165, 1.54) is 4.88 Å². The van der Waals surface area contributed by atoms with Crippen LogP contribution in [0.2, 0.25) is 0 Å². The Balaban J connectivity index is 2.06. The third-order valence-electron chi connectivity index (χ3n) is 3.07. The molecular weight excluding hydrogens is 242 g/mol. The van der Waals surface area contributed by atoms with Crippen molar-refractivity contribution >= 4 is 17.0 Å². The molecule has 0 saturated carbocycles. The van der Waals surface area contributed by atoms with Crippen LogP contribution in [0.25, 0.3) is 0 Å². The maximum absolute atomic E-state index is 9.78. The third kappa shape index (κ3) is 3.12. The summed E-state index contributed by atoms with van der Waals surface area (Å²) in [4.78, 5) is 3.61. The molecule has 0 amide bonds. The Morgan fingerprint density at radius 2 is 2.00 bits per heavy atom. The van der Waals surface area contributed by atoms with Gasteiger partial charge in [0.25, 0.3) is 0 Å². The van der Waals surface area contributed by atoms with Crippen LogP contribution < -0.4 is 4.90 Å². The molecule has 0 aliphatic heterocycles. The Morgan fingerprint density at radius 1 is 1.22 bits per heavy atom. The van der Waals surface area contributed by atoms with Crippen molar-refractivity contribution in [2.24, 2.45) is 0 Å². The molecule has 2 aromatic rings. The fourth-order valence-corrected chi connectivity index (χ4v) is 2.74. The van der Waals surface area contributed by atoms with Gasteiger partial charge in [-0.05, 0) is 30.9 Å². The SMILES string of the molecule is C[C@@H](O)c1ccccc1N(C)CCc1cccs1. The van der Waals surface area contributed by atoms with Gasteiger partial charge in [0.15, 0.2) is 0 Å². The Labute approximate surface area is 113 Å². The van der Waals surface area contributed by atoms with E-state index in [0.29, 0.717) is 0 Å². The van der Waals surface area contributed by atoms with E-state index in [-0.39, 0.29) is 0 Å². The first-order valence-electron chi connectivity index (χ1n) is 6.19. The topological polar surface area (TPSA) is 23.5 Å². The van der Waals surface area contributed by atoms with Crippen molar-refractivity contribution in [2.75, 3.05) is 18.5 Å². The van der Waals surface area contributed by atoms with E-state index in [2.05, 4.69) is 35.5 Å². The van der Waals surface area contributed by atoms with E-state index in [1.54, 1.807) is 11.3 Å². The lowest BCUT2D eigenvalue weighted by Crippen LogP contribution is -2.21. The van der Waals surface area contributed by atoms with E-state index in [0.717, 1.165) is 24.2 Å². The van der Waals surface area contributed by atoms with E-state index in [4.69, 9.17) is 0 Å². The van der Waals surface area contributed by atoms with Gasteiger partial charge in [0.2, 0.25) is 0 Å². The number of thiophene rings is 1. The van der Waals surface area contributed by atoms with Gasteiger partial charge in [-0.1, -0.05) is 24.3 Å². The maximum Gasteiger partial charge on any atom is 0.0781 e. The molecule has 18 heavy (non-hydrogen) atoms. The van der Waals surface area contributed by atoms with Crippen molar-refractivity contribution in [2.45, 2.75) is 19.4 Å². The maximum atomic E-state index is 9.78. The molecule has 0 fully saturated rings. The standard InChI is InChI=1S/C15H19NOS/c1-12(17)14-7-3-4-8-15(14)16(2)10-9-13-6-5-11-18-13/h3-8,11-12,17H,9-10H2,1-2H3/t12-/m1/s1. The van der Waals surface area contributed by atoms with Crippen LogP contribution in [0, 0.1) is 0 Å². The predicted molar refractivity (Wildman–Crippen MR) is 78.4 cm³/mol. The third-order valence-corrected chi connectivity index (χ3v) is 4.01. The molecule has 0 aliphatic rings. The monoisotopic (exact) mass is 261 g/mol. The number of para-hydroxylation sites is 1. The van der Waals surface area contributed by atoms with E-state index in [9.17, 15) is 5.11 Å². The molecule has 1 heterocycles. The predicted octanol–water partition coefficient (Wildman–Crippen LogP) is 3.48. The first-order chi connectivity index (χ1) is 8.68. The van der Waals surface area contributed by atoms with Crippen molar-refractivity contribution < 1.29 is 5.11 Å². The molecule has 1 aromatic heterocycles. The summed E-state index contributed by atoms with van der Waals surface area (Å²) in [6, 6.07) is 12.3. The second-order valence-corrected chi connectivity index (χ2v) is 5.52. The molecule has 0 spiro atoms. The Bertz CT molecular complexity index is 479. The molecule has 1 atom stereocenters. The molecule has 0 saturated heterocycles. The quantitative estimate of drug-likeness (QED) is 0.890. The Hall–Kier alpha value is -1.32. The molecule has 1 aromatic carbocycles. The zero-order chi connectivity index (χ0) is 13.0. The molecule has 0 radical (unpaired) electrons. The highest BCUT2D eigenvalue weighted by molar-refractivity contribution is 7.09. The number of aliphatic hydroxyl groups excluding tert-OH is 1. The molecule has 0 bridgehead atoms. The summed E-state index contributed by atoms with van der Waals surface area (Å²) in [5.41, 5.74) is 2.11. The van der Waals surface area contributed by atoms with Gasteiger partial charge < -0.3 is 10.0 Å². The van der Waals surface area contributed by atoms with E-state index < -0.39 is 6.10 Å². The molecule has 2 nitrogen and oxygen atoms in total. The van der Waals surface area contributed by atoms with Crippen LogP contribution in [0.4, 0.5) is 5.69 Å². The van der Waals surface area contributed by atoms with E-state index >= 15 is 0 Å². The lowest BCUT2D eigenvalue weighted by Gasteiger charge is -2.23. The zero-order valence-electron chi connectivity index (χ0n) is 10.8. The highest BCUT2D eigenvalue weighted by Crippen LogP contribution is 2.25. The van der Waals surface area contributed by atoms with Crippen LogP contribution in [0.1, 0.15) is 23.5 Å². The fraction of sp³-hybridized carbons (Fsp3) is 0.333. The summed E-state index contributed by atoms with van der Waals surface area (Å²) >= 11 is 1.79. The number of anilines is 1. The van der Waals surface area contributed by atoms with Gasteiger partial charge in [0, 0.05) is 29.7 Å². The van der Waals surface area contributed by atoms with Crippen LogP contribution in [-0.4, -0.2) is 18.7 Å². The number of nitrogens with zero attached hydrogens (tertiary/aromatic N) is 1. The molecule has 2 rings (SSSR count). The van der Waals surface area contributed by atoms with Gasteiger partial charge in [-0.2, -0.15) is 0 Å². The van der Waals surface area contributed by atoms with Crippen LogP contribution in [0.15, 0.2) is 41.8 Å². The van der Waals surface area contributed by atoms with Gasteiger partial charge in [0.05, 0.1) is 6.10 Å². The van der Waals surface area contributed by atoms with Crippen LogP contribution in [-0.2, 0) is 6.42 Å². The Kier molecular flexibility index (Phi) is 4.39. The van der Waals surface area contributed by atoms with Crippen molar-refractivity contribution in [3.05, 3.63) is 52.2 Å². The summed E-state index contributed by atoms with van der Waals surface area (Å²) in [7, 11) is 2.08. The summed E-state index contributed by atoms with van der Waals surface area (Å²) in [5, 5.41) is 11.9. The van der Waals surface area contributed by atoms with Gasteiger partial charge in [-0.15, -0.1) is 11.3 Å². The number of rotatable bonds is 5. The number of hydrogen-bond donors (Lipinski definition) is 1. The molecule has 3 heteroatoms. The summed E-state index contributed by atoms with van der Waals surface area (Å²) in [5.74, 6) is 0. The Morgan fingerprint density at radius 3 is 2.67 bits per heavy atom. The van der Waals surface area contributed by atoms with Crippen molar-refractivity contribution in [3.8, 4) is 0 Å². The first-order valence-corrected chi connectivity index (χ1v) is 7.07. The number of likely N-dealkylation sites (N-methyl/N-ethyl adjacent to an activating group) is 1. The number of hydrogen-bond acceptors (Lipinski definition) is 3. The summed E-state index contributed by atoms with van der Waals surface area (Å²) < 4.78 is 0. The van der Waals surface area contributed by atoms with Crippen molar-refractivity contribution in [1.82, 2.24) is 0 Å². The minimum absolute atomic E-state index is 0.426. The van der Waals surface area contributed by atoms with Crippen molar-refractivity contribution in [1.29, 1.82) is 0 Å². The smallest absolute Gasteiger partial charge is 0.0781 e. The molecule has 0 unspecified atom stereocenters. The fourth-order valence-electron chi connectivity index (χ4n) is 2.04. The first kappa shape index (κ1) is 13.1. The average molecular weight is 261 g/mol. The van der Waals surface area contributed by atoms with Crippen LogP contribution in [0.3, 0.4) is 0 Å². The average Bonchev–Trinajstić information content (AvgIpc) is 2.89. The van der Waals surface area contributed by atoms with Crippen molar-refractivity contribution in [3.63, 3.8) is 0 Å². The highest BCUT2D eigenvalue weighted by atomic mass is 32.1. The number of benzene rings is 1. The van der Waals surface area contributed by atoms with E-state index in [1.807, 2.05) is 25.1 Å². The highest BCUT2D eigenvalue weighted by Gasteiger charge is 2.10. The molecule has 0 aliphatic carbocycles. The normalized spacial score (nSPS) is 12.4. The lowest BCUT2D eigenvalue weighted by molar-refractivity contribution is 0.199. The second-order valence-electron chi connectivity index (χ2n) is 4.49. The van der Waals surface area contributed by atoms with Gasteiger partial charge in [-0.25, -0.2) is 0 Å². The molecule has 1 N–H and O–H groups in total.